The van der Waals surface area contributed by atoms with Crippen LogP contribution < -0.4 is 0 Å². The highest BCUT2D eigenvalue weighted by atomic mass is 16.3. The maximum absolute atomic E-state index is 13.0. The van der Waals surface area contributed by atoms with Gasteiger partial charge in [0.2, 0.25) is 5.91 Å². The first-order valence-electron chi connectivity index (χ1n) is 8.92. The summed E-state index contributed by atoms with van der Waals surface area (Å²) in [7, 11) is 0. The number of benzene rings is 1. The number of imidazole rings is 1. The lowest BCUT2D eigenvalue weighted by Crippen LogP contribution is -2.49. The molecular weight excluding hydrogens is 302 g/mol. The summed E-state index contributed by atoms with van der Waals surface area (Å²) in [5.74, 6) is 1.63. The van der Waals surface area contributed by atoms with Crippen LogP contribution in [0.2, 0.25) is 0 Å². The zero-order valence-electron chi connectivity index (χ0n) is 14.4. The largest absolute Gasteiger partial charge is 0.388 e. The van der Waals surface area contributed by atoms with Crippen molar-refractivity contribution in [3.8, 4) is 0 Å². The van der Waals surface area contributed by atoms with Gasteiger partial charge in [0.25, 0.3) is 0 Å². The highest BCUT2D eigenvalue weighted by Crippen LogP contribution is 2.40. The van der Waals surface area contributed by atoms with Gasteiger partial charge in [0.05, 0.1) is 22.7 Å². The Morgan fingerprint density at radius 1 is 1.29 bits per heavy atom. The van der Waals surface area contributed by atoms with E-state index in [4.69, 9.17) is 4.98 Å². The fourth-order valence-electron chi connectivity index (χ4n) is 3.94. The van der Waals surface area contributed by atoms with Gasteiger partial charge < -0.3 is 14.6 Å². The average Bonchev–Trinajstić information content (AvgIpc) is 3.12. The normalized spacial score (nSPS) is 21.6. The topological polar surface area (TPSA) is 58.4 Å². The summed E-state index contributed by atoms with van der Waals surface area (Å²) in [5, 5.41) is 10.4. The summed E-state index contributed by atoms with van der Waals surface area (Å²) < 4.78 is 2.09. The molecule has 2 aliphatic rings. The second-order valence-corrected chi connectivity index (χ2v) is 7.72. The van der Waals surface area contributed by atoms with Crippen LogP contribution in [0.4, 0.5) is 0 Å². The molecule has 1 amide bonds. The second kappa shape index (κ2) is 5.59. The number of amides is 1. The van der Waals surface area contributed by atoms with Gasteiger partial charge >= 0.3 is 0 Å². The van der Waals surface area contributed by atoms with Crippen molar-refractivity contribution < 1.29 is 9.90 Å². The standard InChI is InChI=1S/C19H25N3O2/c1-19(2,24)16-8-5-11-21(16)17(23)12-22-15-7-4-3-6-14(15)20-18(22)13-9-10-13/h3-4,6-7,13,16,24H,5,8-12H2,1-2H3. The molecule has 0 bridgehead atoms. The van der Waals surface area contributed by atoms with Crippen LogP contribution in [0.1, 0.15) is 51.3 Å². The molecule has 1 saturated heterocycles. The number of hydrogen-bond donors (Lipinski definition) is 1. The summed E-state index contributed by atoms with van der Waals surface area (Å²) in [6.45, 7) is 4.65. The molecule has 128 valence electrons. The zero-order chi connectivity index (χ0) is 16.9. The molecule has 1 atom stereocenters. The summed E-state index contributed by atoms with van der Waals surface area (Å²) in [4.78, 5) is 19.6. The first-order valence-corrected chi connectivity index (χ1v) is 8.92. The third-order valence-corrected chi connectivity index (χ3v) is 5.31. The summed E-state index contributed by atoms with van der Waals surface area (Å²) >= 11 is 0. The van der Waals surface area contributed by atoms with E-state index in [2.05, 4.69) is 4.57 Å². The monoisotopic (exact) mass is 327 g/mol. The summed E-state index contributed by atoms with van der Waals surface area (Å²) in [5.41, 5.74) is 1.14. The van der Waals surface area contributed by atoms with Gasteiger partial charge in [-0.15, -0.1) is 0 Å². The molecule has 0 spiro atoms. The lowest BCUT2D eigenvalue weighted by molar-refractivity contribution is -0.137. The molecule has 2 aromatic rings. The molecule has 0 radical (unpaired) electrons. The molecule has 24 heavy (non-hydrogen) atoms. The number of nitrogens with zero attached hydrogens (tertiary/aromatic N) is 3. The number of rotatable bonds is 4. The van der Waals surface area contributed by atoms with Crippen LogP contribution in [0, 0.1) is 0 Å². The van der Waals surface area contributed by atoms with Crippen LogP contribution in [0.5, 0.6) is 0 Å². The van der Waals surface area contributed by atoms with Crippen molar-refractivity contribution in [2.75, 3.05) is 6.54 Å². The van der Waals surface area contributed by atoms with Gasteiger partial charge in [-0.2, -0.15) is 0 Å². The van der Waals surface area contributed by atoms with Crippen molar-refractivity contribution in [1.82, 2.24) is 14.5 Å². The van der Waals surface area contributed by atoms with Gasteiger partial charge in [0.15, 0.2) is 0 Å². The number of fused-ring (bicyclic) bond motifs is 1. The van der Waals surface area contributed by atoms with E-state index >= 15 is 0 Å². The molecule has 4 rings (SSSR count). The van der Waals surface area contributed by atoms with Crippen LogP contribution in [0.25, 0.3) is 11.0 Å². The van der Waals surface area contributed by atoms with Gasteiger partial charge in [-0.05, 0) is 51.7 Å². The maximum Gasteiger partial charge on any atom is 0.242 e. The lowest BCUT2D eigenvalue weighted by atomic mass is 9.96. The minimum absolute atomic E-state index is 0.0877. The highest BCUT2D eigenvalue weighted by molar-refractivity contribution is 5.81. The van der Waals surface area contributed by atoms with E-state index in [1.165, 1.54) is 0 Å². The second-order valence-electron chi connectivity index (χ2n) is 7.72. The lowest BCUT2D eigenvalue weighted by Gasteiger charge is -2.34. The Morgan fingerprint density at radius 2 is 2.04 bits per heavy atom. The van der Waals surface area contributed by atoms with E-state index in [1.54, 1.807) is 13.8 Å². The SMILES string of the molecule is CC(C)(O)C1CCCN1C(=O)Cn1c(C2CC2)nc2ccccc21. The smallest absolute Gasteiger partial charge is 0.242 e. The minimum atomic E-state index is -0.859. The third kappa shape index (κ3) is 2.71. The van der Waals surface area contributed by atoms with Crippen molar-refractivity contribution in [1.29, 1.82) is 0 Å². The van der Waals surface area contributed by atoms with Crippen molar-refractivity contribution >= 4 is 16.9 Å². The maximum atomic E-state index is 13.0. The van der Waals surface area contributed by atoms with Gasteiger partial charge in [0, 0.05) is 12.5 Å². The molecule has 1 N–H and O–H groups in total. The van der Waals surface area contributed by atoms with Gasteiger partial charge in [0.1, 0.15) is 12.4 Å². The van der Waals surface area contributed by atoms with E-state index in [9.17, 15) is 9.90 Å². The summed E-state index contributed by atoms with van der Waals surface area (Å²) in [6.07, 6.45) is 4.15. The number of hydrogen-bond acceptors (Lipinski definition) is 3. The first-order chi connectivity index (χ1) is 11.4. The fraction of sp³-hybridized carbons (Fsp3) is 0.579. The van der Waals surface area contributed by atoms with Crippen LogP contribution in [0.3, 0.4) is 0 Å². The first kappa shape index (κ1) is 15.6. The Labute approximate surface area is 142 Å². The van der Waals surface area contributed by atoms with Gasteiger partial charge in [-0.1, -0.05) is 12.1 Å². The van der Waals surface area contributed by atoms with E-state index in [-0.39, 0.29) is 11.9 Å². The summed E-state index contributed by atoms with van der Waals surface area (Å²) in [6, 6.07) is 7.95. The van der Waals surface area contributed by atoms with E-state index < -0.39 is 5.60 Å². The quantitative estimate of drug-likeness (QED) is 0.939. The molecule has 5 heteroatoms. The predicted molar refractivity (Wildman–Crippen MR) is 92.7 cm³/mol. The molecule has 1 aromatic carbocycles. The minimum Gasteiger partial charge on any atom is -0.388 e. The number of aliphatic hydroxyl groups is 1. The van der Waals surface area contributed by atoms with Crippen molar-refractivity contribution in [3.05, 3.63) is 30.1 Å². The number of para-hydroxylation sites is 2. The predicted octanol–water partition coefficient (Wildman–Crippen LogP) is 2.68. The van der Waals surface area contributed by atoms with E-state index in [0.29, 0.717) is 12.5 Å². The van der Waals surface area contributed by atoms with Crippen LogP contribution in [-0.2, 0) is 11.3 Å². The van der Waals surface area contributed by atoms with Crippen LogP contribution >= 0.6 is 0 Å². The Hall–Kier alpha value is -1.88. The molecule has 2 fully saturated rings. The highest BCUT2D eigenvalue weighted by Gasteiger charge is 2.39. The molecule has 1 saturated carbocycles. The molecule has 1 unspecified atom stereocenters. The number of likely N-dealkylation sites (tertiary alicyclic amines) is 1. The van der Waals surface area contributed by atoms with E-state index in [0.717, 1.165) is 49.1 Å². The Balaban J connectivity index is 1.64. The van der Waals surface area contributed by atoms with E-state index in [1.807, 2.05) is 29.2 Å². The molecule has 5 nitrogen and oxygen atoms in total. The van der Waals surface area contributed by atoms with Crippen molar-refractivity contribution in [2.45, 2.75) is 63.6 Å². The van der Waals surface area contributed by atoms with Gasteiger partial charge in [-0.25, -0.2) is 4.98 Å². The Bertz CT molecular complexity index is 771. The average molecular weight is 327 g/mol. The van der Waals surface area contributed by atoms with Crippen LogP contribution in [0.15, 0.2) is 24.3 Å². The molecule has 1 aromatic heterocycles. The van der Waals surface area contributed by atoms with Crippen molar-refractivity contribution in [2.24, 2.45) is 0 Å². The Kier molecular flexibility index (Phi) is 3.64. The molecule has 1 aliphatic carbocycles. The van der Waals surface area contributed by atoms with Crippen LogP contribution in [-0.4, -0.2) is 43.7 Å². The number of aromatic nitrogens is 2. The number of carbonyl (C=O) groups excluding carboxylic acids is 1. The molecular formula is C19H25N3O2. The van der Waals surface area contributed by atoms with Crippen molar-refractivity contribution in [3.63, 3.8) is 0 Å². The number of carbonyl (C=O) groups is 1. The van der Waals surface area contributed by atoms with Gasteiger partial charge in [-0.3, -0.25) is 4.79 Å². The third-order valence-electron chi connectivity index (χ3n) is 5.31. The molecule has 1 aliphatic heterocycles. The fourth-order valence-corrected chi connectivity index (χ4v) is 3.94. The molecule has 2 heterocycles. The Morgan fingerprint density at radius 3 is 2.75 bits per heavy atom. The zero-order valence-corrected chi connectivity index (χ0v) is 14.4.